The lowest BCUT2D eigenvalue weighted by molar-refractivity contribution is -0.384. The van der Waals surface area contributed by atoms with Crippen molar-refractivity contribution in [2.24, 2.45) is 0 Å². The third kappa shape index (κ3) is 4.00. The van der Waals surface area contributed by atoms with Crippen LogP contribution in [0.25, 0.3) is 6.08 Å². The van der Waals surface area contributed by atoms with Crippen molar-refractivity contribution in [1.29, 1.82) is 0 Å². The largest absolute Gasteiger partial charge is 1.00 e. The van der Waals surface area contributed by atoms with Crippen molar-refractivity contribution in [3.63, 3.8) is 0 Å². The van der Waals surface area contributed by atoms with Crippen LogP contribution in [0.5, 0.6) is 0 Å². The average Bonchev–Trinajstić information content (AvgIpc) is 2.46. The molecule has 0 aliphatic carbocycles. The van der Waals surface area contributed by atoms with Gasteiger partial charge >= 0.3 is 0 Å². The molecule has 0 saturated carbocycles. The topological polar surface area (TPSA) is 73.1 Å². The Labute approximate surface area is 121 Å². The number of hydrogen-bond acceptors (Lipinski definition) is 4. The molecule has 0 aliphatic heterocycles. The highest BCUT2D eigenvalue weighted by atomic mass is 35.5. The number of rotatable bonds is 4. The molecule has 0 atom stereocenters. The van der Waals surface area contributed by atoms with Crippen molar-refractivity contribution in [3.8, 4) is 0 Å². The number of aromatic nitrogens is 1. The zero-order valence-electron chi connectivity index (χ0n) is 10.3. The van der Waals surface area contributed by atoms with E-state index in [0.29, 0.717) is 5.56 Å². The summed E-state index contributed by atoms with van der Waals surface area (Å²) in [4.78, 5) is 25.6. The number of nitro groups is 1. The van der Waals surface area contributed by atoms with E-state index in [1.165, 1.54) is 24.4 Å². The Morgan fingerprint density at radius 2 is 1.90 bits per heavy atom. The van der Waals surface area contributed by atoms with Gasteiger partial charge in [0.15, 0.2) is 5.78 Å². The van der Waals surface area contributed by atoms with E-state index in [1.54, 1.807) is 36.5 Å². The van der Waals surface area contributed by atoms with Crippen LogP contribution in [0.4, 0.5) is 5.69 Å². The van der Waals surface area contributed by atoms with Gasteiger partial charge in [-0.3, -0.25) is 19.9 Å². The van der Waals surface area contributed by atoms with Gasteiger partial charge in [0.05, 0.1) is 4.92 Å². The van der Waals surface area contributed by atoms with Gasteiger partial charge in [0.2, 0.25) is 0 Å². The molecule has 1 heterocycles. The molecule has 0 unspecified atom stereocenters. The molecule has 0 aliphatic rings. The zero-order valence-corrected chi connectivity index (χ0v) is 11.0. The summed E-state index contributed by atoms with van der Waals surface area (Å²) in [6.45, 7) is 0. The average molecular weight is 290 g/mol. The SMILES string of the molecule is O=C(/C=C/c1ccc([N+](=O)[O-])cc1)c1cccnc1.[Cl-]. The Morgan fingerprint density at radius 1 is 1.20 bits per heavy atom. The van der Waals surface area contributed by atoms with Gasteiger partial charge in [-0.2, -0.15) is 0 Å². The fourth-order valence-corrected chi connectivity index (χ4v) is 1.48. The normalized spacial score (nSPS) is 10.0. The van der Waals surface area contributed by atoms with Crippen molar-refractivity contribution < 1.29 is 22.1 Å². The second-order valence-electron chi connectivity index (χ2n) is 3.79. The number of nitrogens with zero attached hydrogens (tertiary/aromatic N) is 2. The molecule has 5 nitrogen and oxygen atoms in total. The number of nitro benzene ring substituents is 1. The molecule has 1 aromatic heterocycles. The Kier molecular flexibility index (Phi) is 5.56. The van der Waals surface area contributed by atoms with Gasteiger partial charge in [0, 0.05) is 30.1 Å². The molecule has 2 rings (SSSR count). The third-order valence-corrected chi connectivity index (χ3v) is 2.48. The number of allylic oxidation sites excluding steroid dienone is 1. The summed E-state index contributed by atoms with van der Waals surface area (Å²) in [5.74, 6) is -0.161. The van der Waals surface area contributed by atoms with E-state index < -0.39 is 4.92 Å². The van der Waals surface area contributed by atoms with Crippen molar-refractivity contribution in [1.82, 2.24) is 4.98 Å². The molecule has 0 amide bonds. The van der Waals surface area contributed by atoms with Crippen LogP contribution >= 0.6 is 0 Å². The molecule has 0 saturated heterocycles. The summed E-state index contributed by atoms with van der Waals surface area (Å²) in [5.41, 5.74) is 1.25. The van der Waals surface area contributed by atoms with Crippen molar-refractivity contribution >= 4 is 17.5 Å². The molecule has 20 heavy (non-hydrogen) atoms. The van der Waals surface area contributed by atoms with E-state index in [2.05, 4.69) is 4.98 Å². The summed E-state index contributed by atoms with van der Waals surface area (Å²) in [6.07, 6.45) is 6.11. The first-order valence-corrected chi connectivity index (χ1v) is 5.54. The minimum Gasteiger partial charge on any atom is -1.00 e. The van der Waals surface area contributed by atoms with Crippen LogP contribution in [0.2, 0.25) is 0 Å². The summed E-state index contributed by atoms with van der Waals surface area (Å²) in [7, 11) is 0. The van der Waals surface area contributed by atoms with Gasteiger partial charge in [-0.1, -0.05) is 6.08 Å². The van der Waals surface area contributed by atoms with E-state index in [4.69, 9.17) is 0 Å². The fraction of sp³-hybridized carbons (Fsp3) is 0. The van der Waals surface area contributed by atoms with E-state index in [1.807, 2.05) is 0 Å². The van der Waals surface area contributed by atoms with Gasteiger partial charge in [-0.25, -0.2) is 0 Å². The predicted molar refractivity (Wildman–Crippen MR) is 70.7 cm³/mol. The maximum absolute atomic E-state index is 11.8. The Hall–Kier alpha value is -2.53. The molecule has 0 radical (unpaired) electrons. The van der Waals surface area contributed by atoms with Gasteiger partial charge in [0.25, 0.3) is 5.69 Å². The molecular formula is C14H10ClN2O3-. The van der Waals surface area contributed by atoms with Gasteiger partial charge in [-0.15, -0.1) is 0 Å². The molecule has 2 aromatic rings. The molecular weight excluding hydrogens is 280 g/mol. The number of pyridine rings is 1. The van der Waals surface area contributed by atoms with Gasteiger partial charge in [-0.05, 0) is 35.9 Å². The fourth-order valence-electron chi connectivity index (χ4n) is 1.48. The highest BCUT2D eigenvalue weighted by Crippen LogP contribution is 2.13. The minimum absolute atomic E-state index is 0. The number of benzene rings is 1. The highest BCUT2D eigenvalue weighted by Gasteiger charge is 2.03. The standard InChI is InChI=1S/C14H10N2O3.ClH/c17-14(12-2-1-9-15-10-12)8-5-11-3-6-13(7-4-11)16(18)19;/h1-10H;1H/p-1/b8-5+;. The smallest absolute Gasteiger partial charge is 0.269 e. The van der Waals surface area contributed by atoms with Crippen LogP contribution in [0.15, 0.2) is 54.9 Å². The Bertz CT molecular complexity index is 625. The predicted octanol–water partition coefficient (Wildman–Crippen LogP) is -0.110. The first-order chi connectivity index (χ1) is 9.16. The van der Waals surface area contributed by atoms with E-state index in [9.17, 15) is 14.9 Å². The van der Waals surface area contributed by atoms with Crippen LogP contribution in [0.1, 0.15) is 15.9 Å². The van der Waals surface area contributed by atoms with Crippen LogP contribution in [-0.2, 0) is 0 Å². The maximum Gasteiger partial charge on any atom is 0.269 e. The monoisotopic (exact) mass is 289 g/mol. The lowest BCUT2D eigenvalue weighted by Gasteiger charge is -1.95. The van der Waals surface area contributed by atoms with Crippen LogP contribution in [0.3, 0.4) is 0 Å². The lowest BCUT2D eigenvalue weighted by Crippen LogP contribution is -3.00. The highest BCUT2D eigenvalue weighted by molar-refractivity contribution is 6.06. The number of hydrogen-bond donors (Lipinski definition) is 0. The minimum atomic E-state index is -0.464. The van der Waals surface area contributed by atoms with E-state index >= 15 is 0 Å². The molecule has 1 aromatic carbocycles. The third-order valence-electron chi connectivity index (χ3n) is 2.48. The van der Waals surface area contributed by atoms with Crippen molar-refractivity contribution in [3.05, 3.63) is 76.1 Å². The number of carbonyl (C=O) groups excluding carboxylic acids is 1. The molecule has 6 heteroatoms. The molecule has 0 fully saturated rings. The molecule has 0 spiro atoms. The summed E-state index contributed by atoms with van der Waals surface area (Å²) in [6, 6.07) is 9.33. The molecule has 0 bridgehead atoms. The number of halogens is 1. The lowest BCUT2D eigenvalue weighted by atomic mass is 10.1. The second kappa shape index (κ2) is 7.16. The van der Waals surface area contributed by atoms with Gasteiger partial charge < -0.3 is 12.4 Å². The molecule has 102 valence electrons. The second-order valence-corrected chi connectivity index (χ2v) is 3.79. The van der Waals surface area contributed by atoms with Gasteiger partial charge in [0.1, 0.15) is 0 Å². The zero-order chi connectivity index (χ0) is 13.7. The Morgan fingerprint density at radius 3 is 2.45 bits per heavy atom. The van der Waals surface area contributed by atoms with Crippen LogP contribution in [0, 0.1) is 10.1 Å². The first kappa shape index (κ1) is 15.5. The number of non-ortho nitro benzene ring substituents is 1. The summed E-state index contributed by atoms with van der Waals surface area (Å²) >= 11 is 0. The maximum atomic E-state index is 11.8. The number of carbonyl (C=O) groups is 1. The van der Waals surface area contributed by atoms with E-state index in [-0.39, 0.29) is 23.9 Å². The number of ketones is 1. The Balaban J connectivity index is 0.00000200. The van der Waals surface area contributed by atoms with Crippen molar-refractivity contribution in [2.75, 3.05) is 0 Å². The van der Waals surface area contributed by atoms with Crippen LogP contribution < -0.4 is 12.4 Å². The first-order valence-electron chi connectivity index (χ1n) is 5.54. The van der Waals surface area contributed by atoms with Crippen LogP contribution in [-0.4, -0.2) is 15.7 Å². The summed E-state index contributed by atoms with van der Waals surface area (Å²) < 4.78 is 0. The molecule has 0 N–H and O–H groups in total. The van der Waals surface area contributed by atoms with E-state index in [0.717, 1.165) is 5.56 Å². The quantitative estimate of drug-likeness (QED) is 0.341. The van der Waals surface area contributed by atoms with Crippen molar-refractivity contribution in [2.45, 2.75) is 0 Å². The summed E-state index contributed by atoms with van der Waals surface area (Å²) in [5, 5.41) is 10.5.